The van der Waals surface area contributed by atoms with Crippen molar-refractivity contribution in [3.05, 3.63) is 24.3 Å². The molecule has 0 atom stereocenters. The third-order valence-corrected chi connectivity index (χ3v) is 3.42. The average Bonchev–Trinajstić information content (AvgIpc) is 2.47. The summed E-state index contributed by atoms with van der Waals surface area (Å²) in [6.45, 7) is 7.61. The molecule has 102 valence electrons. The highest BCUT2D eigenvalue weighted by Gasteiger charge is 2.18. The van der Waals surface area contributed by atoms with Crippen molar-refractivity contribution in [1.29, 1.82) is 5.26 Å². The minimum atomic E-state index is 0.621. The molecular weight excluding hydrogens is 238 g/mol. The Morgan fingerprint density at radius 1 is 1.21 bits per heavy atom. The van der Waals surface area contributed by atoms with Crippen LogP contribution in [0.4, 0.5) is 5.69 Å². The van der Waals surface area contributed by atoms with Crippen molar-refractivity contribution in [3.8, 4) is 11.8 Å². The number of benzene rings is 1. The summed E-state index contributed by atoms with van der Waals surface area (Å²) >= 11 is 0. The maximum absolute atomic E-state index is 8.62. The minimum Gasteiger partial charge on any atom is -0.492 e. The van der Waals surface area contributed by atoms with Crippen molar-refractivity contribution in [2.45, 2.75) is 13.3 Å². The van der Waals surface area contributed by atoms with Gasteiger partial charge in [0.1, 0.15) is 5.75 Å². The molecule has 0 radical (unpaired) electrons. The highest BCUT2D eigenvalue weighted by Crippen LogP contribution is 2.28. The maximum Gasteiger partial charge on any atom is 0.142 e. The summed E-state index contributed by atoms with van der Waals surface area (Å²) in [4.78, 5) is 4.72. The lowest BCUT2D eigenvalue weighted by Gasteiger charge is -2.36. The fourth-order valence-corrected chi connectivity index (χ4v) is 2.42. The van der Waals surface area contributed by atoms with Crippen LogP contribution < -0.4 is 9.64 Å². The normalized spacial score (nSPS) is 16.1. The van der Waals surface area contributed by atoms with Crippen LogP contribution in [-0.4, -0.2) is 44.2 Å². The van der Waals surface area contributed by atoms with Crippen molar-refractivity contribution in [2.24, 2.45) is 0 Å². The molecule has 0 amide bonds. The molecule has 4 heteroatoms. The predicted octanol–water partition coefficient (Wildman–Crippen LogP) is 2.12. The van der Waals surface area contributed by atoms with Crippen LogP contribution in [0.15, 0.2) is 24.3 Å². The minimum absolute atomic E-state index is 0.621. The lowest BCUT2D eigenvalue weighted by Crippen LogP contribution is -2.46. The molecule has 0 aliphatic carbocycles. The highest BCUT2D eigenvalue weighted by atomic mass is 16.5. The van der Waals surface area contributed by atoms with Gasteiger partial charge < -0.3 is 9.64 Å². The largest absolute Gasteiger partial charge is 0.492 e. The van der Waals surface area contributed by atoms with Crippen LogP contribution in [0.5, 0.6) is 5.75 Å². The molecule has 1 aliphatic rings. The van der Waals surface area contributed by atoms with Crippen LogP contribution in [0.2, 0.25) is 0 Å². The van der Waals surface area contributed by atoms with Crippen molar-refractivity contribution < 1.29 is 4.74 Å². The number of rotatable bonds is 5. The fraction of sp³-hybridized carbons (Fsp3) is 0.533. The van der Waals surface area contributed by atoms with Crippen molar-refractivity contribution in [1.82, 2.24) is 4.90 Å². The summed E-state index contributed by atoms with van der Waals surface area (Å²) in [5.41, 5.74) is 1.18. The zero-order chi connectivity index (χ0) is 13.5. The summed E-state index contributed by atoms with van der Waals surface area (Å²) in [6.07, 6.45) is 0.621. The molecule has 0 spiro atoms. The predicted molar refractivity (Wildman–Crippen MR) is 76.5 cm³/mol. The van der Waals surface area contributed by atoms with Crippen LogP contribution in [0.1, 0.15) is 13.3 Å². The Hall–Kier alpha value is -1.73. The average molecular weight is 259 g/mol. The number of nitriles is 1. The Bertz CT molecular complexity index is 433. The Balaban J connectivity index is 1.96. The quantitative estimate of drug-likeness (QED) is 0.812. The second-order valence-corrected chi connectivity index (χ2v) is 4.64. The molecule has 0 saturated carbocycles. The first-order chi connectivity index (χ1) is 9.35. The van der Waals surface area contributed by atoms with E-state index in [0.29, 0.717) is 13.0 Å². The molecule has 2 rings (SSSR count). The van der Waals surface area contributed by atoms with E-state index >= 15 is 0 Å². The first-order valence-corrected chi connectivity index (χ1v) is 6.91. The van der Waals surface area contributed by atoms with E-state index in [1.54, 1.807) is 0 Å². The molecule has 4 nitrogen and oxygen atoms in total. The number of nitrogens with zero attached hydrogens (tertiary/aromatic N) is 3. The van der Waals surface area contributed by atoms with Crippen LogP contribution in [0, 0.1) is 11.3 Å². The number of para-hydroxylation sites is 2. The summed E-state index contributed by atoms with van der Waals surface area (Å²) < 4.78 is 5.68. The molecule has 0 bridgehead atoms. The molecule has 1 saturated heterocycles. The molecule has 0 N–H and O–H groups in total. The van der Waals surface area contributed by atoms with Gasteiger partial charge in [-0.1, -0.05) is 12.1 Å². The van der Waals surface area contributed by atoms with Gasteiger partial charge in [0.15, 0.2) is 0 Å². The maximum atomic E-state index is 8.62. The van der Waals surface area contributed by atoms with Crippen LogP contribution in [-0.2, 0) is 0 Å². The highest BCUT2D eigenvalue weighted by molar-refractivity contribution is 5.58. The van der Waals surface area contributed by atoms with E-state index in [1.165, 1.54) is 5.69 Å². The number of piperazine rings is 1. The lowest BCUT2D eigenvalue weighted by molar-refractivity contribution is 0.262. The molecule has 1 aromatic carbocycles. The van der Waals surface area contributed by atoms with Crippen LogP contribution in [0.25, 0.3) is 0 Å². The molecule has 0 unspecified atom stereocenters. The summed E-state index contributed by atoms with van der Waals surface area (Å²) in [7, 11) is 0. The molecule has 1 aromatic rings. The standard InChI is InChI=1S/C15H21N3O/c1-2-19-15-7-4-3-6-14(15)18-12-10-17(11-13-18)9-5-8-16/h3-4,6-7H,2,5,9-13H2,1H3. The van der Waals surface area contributed by atoms with E-state index in [2.05, 4.69) is 28.0 Å². The molecule has 19 heavy (non-hydrogen) atoms. The van der Waals surface area contributed by atoms with Crippen LogP contribution >= 0.6 is 0 Å². The number of ether oxygens (including phenoxy) is 1. The topological polar surface area (TPSA) is 39.5 Å². The van der Waals surface area contributed by atoms with E-state index in [1.807, 2.05) is 19.1 Å². The van der Waals surface area contributed by atoms with Gasteiger partial charge >= 0.3 is 0 Å². The molecular formula is C15H21N3O. The molecule has 1 aliphatic heterocycles. The Labute approximate surface area is 115 Å². The van der Waals surface area contributed by atoms with Gasteiger partial charge in [-0.15, -0.1) is 0 Å². The second kappa shape index (κ2) is 7.01. The van der Waals surface area contributed by atoms with Crippen molar-refractivity contribution in [3.63, 3.8) is 0 Å². The lowest BCUT2D eigenvalue weighted by atomic mass is 10.2. The third kappa shape index (κ3) is 3.62. The van der Waals surface area contributed by atoms with E-state index in [9.17, 15) is 0 Å². The van der Waals surface area contributed by atoms with E-state index in [-0.39, 0.29) is 0 Å². The zero-order valence-electron chi connectivity index (χ0n) is 11.5. The van der Waals surface area contributed by atoms with Gasteiger partial charge in [-0.25, -0.2) is 0 Å². The Kier molecular flexibility index (Phi) is 5.05. The first kappa shape index (κ1) is 13.7. The van der Waals surface area contributed by atoms with Gasteiger partial charge in [0.25, 0.3) is 0 Å². The Morgan fingerprint density at radius 3 is 2.63 bits per heavy atom. The number of anilines is 1. The summed E-state index contributed by atoms with van der Waals surface area (Å²) in [5, 5.41) is 8.62. The van der Waals surface area contributed by atoms with Crippen molar-refractivity contribution in [2.75, 3.05) is 44.2 Å². The molecule has 1 heterocycles. The monoisotopic (exact) mass is 259 g/mol. The number of hydrogen-bond donors (Lipinski definition) is 0. The zero-order valence-corrected chi connectivity index (χ0v) is 11.5. The SMILES string of the molecule is CCOc1ccccc1N1CCN(CCC#N)CC1. The van der Waals surface area contributed by atoms with Gasteiger partial charge in [-0.3, -0.25) is 4.90 Å². The summed E-state index contributed by atoms with van der Waals surface area (Å²) in [5.74, 6) is 0.968. The second-order valence-electron chi connectivity index (χ2n) is 4.64. The first-order valence-electron chi connectivity index (χ1n) is 6.91. The summed E-state index contributed by atoms with van der Waals surface area (Å²) in [6, 6.07) is 10.4. The molecule has 0 aromatic heterocycles. The third-order valence-electron chi connectivity index (χ3n) is 3.42. The fourth-order valence-electron chi connectivity index (χ4n) is 2.42. The van der Waals surface area contributed by atoms with Gasteiger partial charge in [-0.05, 0) is 19.1 Å². The molecule has 1 fully saturated rings. The smallest absolute Gasteiger partial charge is 0.142 e. The number of hydrogen-bond acceptors (Lipinski definition) is 4. The van der Waals surface area contributed by atoms with Gasteiger partial charge in [0, 0.05) is 39.1 Å². The van der Waals surface area contributed by atoms with E-state index in [0.717, 1.165) is 38.5 Å². The van der Waals surface area contributed by atoms with Crippen LogP contribution in [0.3, 0.4) is 0 Å². The van der Waals surface area contributed by atoms with E-state index < -0.39 is 0 Å². The van der Waals surface area contributed by atoms with Gasteiger partial charge in [0.05, 0.1) is 18.4 Å². The van der Waals surface area contributed by atoms with Gasteiger partial charge in [0.2, 0.25) is 0 Å². The van der Waals surface area contributed by atoms with Crippen molar-refractivity contribution >= 4 is 5.69 Å². The van der Waals surface area contributed by atoms with Gasteiger partial charge in [-0.2, -0.15) is 5.26 Å². The van der Waals surface area contributed by atoms with E-state index in [4.69, 9.17) is 10.00 Å². The Morgan fingerprint density at radius 2 is 1.95 bits per heavy atom.